The predicted molar refractivity (Wildman–Crippen MR) is 103 cm³/mol. The lowest BCUT2D eigenvalue weighted by molar-refractivity contribution is 0.102. The average Bonchev–Trinajstić information content (AvgIpc) is 2.97. The molecular weight excluding hydrogens is 350 g/mol. The standard InChI is InChI=1S/C19H23N3O3S/c1-3-22(17-8-9-26(24,25)13-17)18-10-15(11-20-12-18)19(23)21-16-6-4-14(2)5-7-16/h4-7,10-12,17H,3,8-9,13H2,1-2H3,(H,21,23). The van der Waals surface area contributed by atoms with Gasteiger partial charge in [0.1, 0.15) is 0 Å². The summed E-state index contributed by atoms with van der Waals surface area (Å²) in [5.74, 6) is 0.133. The van der Waals surface area contributed by atoms with Crippen molar-refractivity contribution in [2.45, 2.75) is 26.3 Å². The van der Waals surface area contributed by atoms with Crippen LogP contribution in [-0.2, 0) is 9.84 Å². The van der Waals surface area contributed by atoms with Crippen LogP contribution in [-0.4, -0.2) is 43.4 Å². The lowest BCUT2D eigenvalue weighted by atomic mass is 10.1. The van der Waals surface area contributed by atoms with E-state index in [4.69, 9.17) is 0 Å². The fourth-order valence-corrected chi connectivity index (χ4v) is 4.95. The van der Waals surface area contributed by atoms with Gasteiger partial charge in [-0.15, -0.1) is 0 Å². The SMILES string of the molecule is CCN(c1cncc(C(=O)Nc2ccc(C)cc2)c1)C1CCS(=O)(=O)C1. The molecule has 0 saturated carbocycles. The molecule has 0 radical (unpaired) electrons. The van der Waals surface area contributed by atoms with Crippen molar-refractivity contribution in [1.29, 1.82) is 0 Å². The zero-order chi connectivity index (χ0) is 18.7. The van der Waals surface area contributed by atoms with Crippen LogP contribution in [0, 0.1) is 6.92 Å². The molecule has 1 fully saturated rings. The Balaban J connectivity index is 1.78. The highest BCUT2D eigenvalue weighted by Crippen LogP contribution is 2.24. The van der Waals surface area contributed by atoms with Crippen molar-refractivity contribution in [2.75, 3.05) is 28.3 Å². The molecule has 1 N–H and O–H groups in total. The number of carbonyl (C=O) groups is 1. The number of pyridine rings is 1. The molecule has 6 nitrogen and oxygen atoms in total. The smallest absolute Gasteiger partial charge is 0.257 e. The average molecular weight is 373 g/mol. The van der Waals surface area contributed by atoms with E-state index in [1.54, 1.807) is 12.3 Å². The number of nitrogens with zero attached hydrogens (tertiary/aromatic N) is 2. The summed E-state index contributed by atoms with van der Waals surface area (Å²) in [5.41, 5.74) is 3.06. The molecule has 1 aliphatic rings. The van der Waals surface area contributed by atoms with E-state index < -0.39 is 9.84 Å². The number of hydrogen-bond donors (Lipinski definition) is 1. The van der Waals surface area contributed by atoms with Gasteiger partial charge in [-0.25, -0.2) is 8.42 Å². The molecule has 1 atom stereocenters. The van der Waals surface area contributed by atoms with Gasteiger partial charge in [-0.1, -0.05) is 17.7 Å². The molecular formula is C19H23N3O3S. The Labute approximate surface area is 154 Å². The number of anilines is 2. The first-order chi connectivity index (χ1) is 12.4. The molecule has 3 rings (SSSR count). The number of aryl methyl sites for hydroxylation is 1. The number of aromatic nitrogens is 1. The monoisotopic (exact) mass is 373 g/mol. The minimum atomic E-state index is -2.97. The van der Waals surface area contributed by atoms with Gasteiger partial charge < -0.3 is 10.2 Å². The first-order valence-electron chi connectivity index (χ1n) is 8.68. The molecule has 1 aliphatic heterocycles. The van der Waals surface area contributed by atoms with Crippen molar-refractivity contribution >= 4 is 27.1 Å². The van der Waals surface area contributed by atoms with Crippen LogP contribution < -0.4 is 10.2 Å². The van der Waals surface area contributed by atoms with Crippen molar-refractivity contribution in [2.24, 2.45) is 0 Å². The van der Waals surface area contributed by atoms with E-state index in [1.165, 1.54) is 6.20 Å². The van der Waals surface area contributed by atoms with Gasteiger partial charge in [-0.3, -0.25) is 9.78 Å². The molecule has 1 saturated heterocycles. The fraction of sp³-hybridized carbons (Fsp3) is 0.368. The number of nitrogens with one attached hydrogen (secondary N) is 1. The molecule has 1 unspecified atom stereocenters. The third kappa shape index (κ3) is 4.22. The van der Waals surface area contributed by atoms with Crippen LogP contribution in [0.3, 0.4) is 0 Å². The molecule has 1 aromatic carbocycles. The molecule has 2 heterocycles. The highest BCUT2D eigenvalue weighted by molar-refractivity contribution is 7.91. The summed E-state index contributed by atoms with van der Waals surface area (Å²) in [5, 5.41) is 2.86. The van der Waals surface area contributed by atoms with Crippen LogP contribution in [0.4, 0.5) is 11.4 Å². The van der Waals surface area contributed by atoms with Gasteiger partial charge in [0.15, 0.2) is 9.84 Å². The highest BCUT2D eigenvalue weighted by atomic mass is 32.2. The van der Waals surface area contributed by atoms with Crippen LogP contribution in [0.25, 0.3) is 0 Å². The molecule has 0 spiro atoms. The summed E-state index contributed by atoms with van der Waals surface area (Å²) >= 11 is 0. The van der Waals surface area contributed by atoms with Crippen molar-refractivity contribution in [3.05, 3.63) is 53.9 Å². The topological polar surface area (TPSA) is 79.4 Å². The second-order valence-corrected chi connectivity index (χ2v) is 8.82. The Morgan fingerprint density at radius 1 is 1.27 bits per heavy atom. The minimum Gasteiger partial charge on any atom is -0.367 e. The van der Waals surface area contributed by atoms with Crippen molar-refractivity contribution in [3.8, 4) is 0 Å². The molecule has 138 valence electrons. The van der Waals surface area contributed by atoms with Crippen LogP contribution >= 0.6 is 0 Å². The van der Waals surface area contributed by atoms with Gasteiger partial charge in [-0.05, 0) is 38.5 Å². The summed E-state index contributed by atoms with van der Waals surface area (Å²) in [4.78, 5) is 18.7. The Bertz CT molecular complexity index is 895. The Morgan fingerprint density at radius 3 is 2.62 bits per heavy atom. The molecule has 7 heteroatoms. The highest BCUT2D eigenvalue weighted by Gasteiger charge is 2.32. The Hall–Kier alpha value is -2.41. The van der Waals surface area contributed by atoms with Crippen LogP contribution in [0.15, 0.2) is 42.7 Å². The lowest BCUT2D eigenvalue weighted by Crippen LogP contribution is -2.36. The summed E-state index contributed by atoms with van der Waals surface area (Å²) < 4.78 is 23.6. The largest absolute Gasteiger partial charge is 0.367 e. The molecule has 1 aromatic heterocycles. The number of carbonyl (C=O) groups excluding carboxylic acids is 1. The van der Waals surface area contributed by atoms with E-state index in [0.717, 1.165) is 16.9 Å². The maximum atomic E-state index is 12.5. The number of amides is 1. The molecule has 26 heavy (non-hydrogen) atoms. The number of hydrogen-bond acceptors (Lipinski definition) is 5. The van der Waals surface area contributed by atoms with Crippen molar-refractivity contribution < 1.29 is 13.2 Å². The predicted octanol–water partition coefficient (Wildman–Crippen LogP) is 2.66. The van der Waals surface area contributed by atoms with Gasteiger partial charge in [0.05, 0.1) is 29.0 Å². The maximum Gasteiger partial charge on any atom is 0.257 e. The first kappa shape index (κ1) is 18.4. The number of rotatable bonds is 5. The molecule has 1 amide bonds. The Kier molecular flexibility index (Phi) is 5.27. The van der Waals surface area contributed by atoms with E-state index >= 15 is 0 Å². The third-order valence-electron chi connectivity index (χ3n) is 4.62. The van der Waals surface area contributed by atoms with Crippen LogP contribution in [0.1, 0.15) is 29.3 Å². The third-order valence-corrected chi connectivity index (χ3v) is 6.37. The van der Waals surface area contributed by atoms with E-state index in [0.29, 0.717) is 18.5 Å². The van der Waals surface area contributed by atoms with Crippen LogP contribution in [0.2, 0.25) is 0 Å². The lowest BCUT2D eigenvalue weighted by Gasteiger charge is -2.29. The van der Waals surface area contributed by atoms with Gasteiger partial charge >= 0.3 is 0 Å². The van der Waals surface area contributed by atoms with Crippen LogP contribution in [0.5, 0.6) is 0 Å². The van der Waals surface area contributed by atoms with E-state index in [-0.39, 0.29) is 23.5 Å². The summed E-state index contributed by atoms with van der Waals surface area (Å²) in [6.07, 6.45) is 3.80. The zero-order valence-electron chi connectivity index (χ0n) is 15.0. The maximum absolute atomic E-state index is 12.5. The zero-order valence-corrected chi connectivity index (χ0v) is 15.8. The fourth-order valence-electron chi connectivity index (χ4n) is 3.22. The van der Waals surface area contributed by atoms with E-state index in [2.05, 4.69) is 10.3 Å². The summed E-state index contributed by atoms with van der Waals surface area (Å²) in [6.45, 7) is 4.62. The molecule has 0 bridgehead atoms. The number of sulfone groups is 1. The van der Waals surface area contributed by atoms with Gasteiger partial charge in [-0.2, -0.15) is 0 Å². The Morgan fingerprint density at radius 2 is 2.00 bits per heavy atom. The van der Waals surface area contributed by atoms with Crippen molar-refractivity contribution in [1.82, 2.24) is 4.98 Å². The summed E-state index contributed by atoms with van der Waals surface area (Å²) in [7, 11) is -2.97. The first-order valence-corrected chi connectivity index (χ1v) is 10.5. The minimum absolute atomic E-state index is 0.0674. The van der Waals surface area contributed by atoms with Gasteiger partial charge in [0.2, 0.25) is 0 Å². The molecule has 0 aliphatic carbocycles. The van der Waals surface area contributed by atoms with E-state index in [9.17, 15) is 13.2 Å². The summed E-state index contributed by atoms with van der Waals surface area (Å²) in [6, 6.07) is 9.28. The normalized spacial score (nSPS) is 18.5. The van der Waals surface area contributed by atoms with Gasteiger partial charge in [0.25, 0.3) is 5.91 Å². The van der Waals surface area contributed by atoms with E-state index in [1.807, 2.05) is 43.0 Å². The second-order valence-electron chi connectivity index (χ2n) is 6.59. The van der Waals surface area contributed by atoms with Crippen molar-refractivity contribution in [3.63, 3.8) is 0 Å². The van der Waals surface area contributed by atoms with Gasteiger partial charge in [0, 0.05) is 24.5 Å². The number of benzene rings is 1. The second kappa shape index (κ2) is 7.45. The quantitative estimate of drug-likeness (QED) is 0.872. The molecule has 2 aromatic rings.